The number of nitrogens with zero attached hydrogens (tertiary/aromatic N) is 2. The summed E-state index contributed by atoms with van der Waals surface area (Å²) in [6.45, 7) is 13.2. The number of benzene rings is 1. The summed E-state index contributed by atoms with van der Waals surface area (Å²) >= 11 is 0. The highest BCUT2D eigenvalue weighted by Crippen LogP contribution is 2.20. The van der Waals surface area contributed by atoms with Gasteiger partial charge in [-0.3, -0.25) is 9.69 Å². The van der Waals surface area contributed by atoms with Crippen LogP contribution < -0.4 is 0 Å². The van der Waals surface area contributed by atoms with Gasteiger partial charge in [0.1, 0.15) is 24.3 Å². The van der Waals surface area contributed by atoms with Crippen molar-refractivity contribution in [1.82, 2.24) is 9.80 Å². The molecule has 0 aliphatic rings. The van der Waals surface area contributed by atoms with Crippen molar-refractivity contribution in [3.05, 3.63) is 35.9 Å². The van der Waals surface area contributed by atoms with E-state index in [4.69, 9.17) is 9.47 Å². The Bertz CT molecular complexity index is 755. The van der Waals surface area contributed by atoms with E-state index in [0.717, 1.165) is 5.56 Å². The Hall–Kier alpha value is -2.57. The molecule has 0 aliphatic carbocycles. The molecule has 2 atom stereocenters. The van der Waals surface area contributed by atoms with Crippen LogP contribution in [-0.4, -0.2) is 59.5 Å². The van der Waals surface area contributed by atoms with Gasteiger partial charge in [0.05, 0.1) is 0 Å². The Morgan fingerprint density at radius 1 is 0.938 bits per heavy atom. The van der Waals surface area contributed by atoms with E-state index in [1.807, 2.05) is 58.0 Å². The van der Waals surface area contributed by atoms with Crippen LogP contribution in [0.3, 0.4) is 0 Å². The third-order valence-electron chi connectivity index (χ3n) is 4.99. The van der Waals surface area contributed by atoms with Gasteiger partial charge in [-0.2, -0.15) is 0 Å². The number of amides is 2. The van der Waals surface area contributed by atoms with E-state index in [9.17, 15) is 14.4 Å². The summed E-state index contributed by atoms with van der Waals surface area (Å²) in [5, 5.41) is 0. The summed E-state index contributed by atoms with van der Waals surface area (Å²) in [6.07, 6.45) is -0.124. The second kappa shape index (κ2) is 11.9. The first-order valence-electron chi connectivity index (χ1n) is 11.2. The lowest BCUT2D eigenvalue weighted by Crippen LogP contribution is -2.55. The van der Waals surface area contributed by atoms with Crippen molar-refractivity contribution in [3.8, 4) is 0 Å². The highest BCUT2D eigenvalue weighted by atomic mass is 16.6. The molecule has 0 bridgehead atoms. The second-order valence-electron chi connectivity index (χ2n) is 9.97. The molecule has 0 aromatic heterocycles. The van der Waals surface area contributed by atoms with E-state index in [-0.39, 0.29) is 24.3 Å². The number of esters is 1. The summed E-state index contributed by atoms with van der Waals surface area (Å²) in [5.41, 5.74) is 0.198. The molecule has 0 radical (unpaired) electrons. The van der Waals surface area contributed by atoms with E-state index in [2.05, 4.69) is 0 Å². The predicted octanol–water partition coefficient (Wildman–Crippen LogP) is 4.49. The molecule has 7 heteroatoms. The van der Waals surface area contributed by atoms with Gasteiger partial charge in [0.2, 0.25) is 5.91 Å². The highest BCUT2D eigenvalue weighted by molar-refractivity contribution is 5.89. The maximum absolute atomic E-state index is 13.5. The van der Waals surface area contributed by atoms with Gasteiger partial charge < -0.3 is 14.4 Å². The normalized spacial score (nSPS) is 13.5. The van der Waals surface area contributed by atoms with Crippen molar-refractivity contribution in [2.24, 2.45) is 11.8 Å². The van der Waals surface area contributed by atoms with E-state index < -0.39 is 29.7 Å². The Balaban J connectivity index is 3.03. The van der Waals surface area contributed by atoms with Crippen LogP contribution >= 0.6 is 0 Å². The van der Waals surface area contributed by atoms with Crippen molar-refractivity contribution in [1.29, 1.82) is 0 Å². The van der Waals surface area contributed by atoms with E-state index >= 15 is 0 Å². The van der Waals surface area contributed by atoms with E-state index in [1.165, 1.54) is 9.80 Å². The molecule has 1 aromatic rings. The van der Waals surface area contributed by atoms with E-state index in [0.29, 0.717) is 6.42 Å². The Morgan fingerprint density at radius 2 is 1.50 bits per heavy atom. The van der Waals surface area contributed by atoms with Crippen LogP contribution in [0.1, 0.15) is 60.5 Å². The van der Waals surface area contributed by atoms with Gasteiger partial charge in [-0.1, -0.05) is 58.0 Å². The molecule has 0 heterocycles. The standard InChI is InChI=1S/C25H40N2O5/c1-17(2)15-20(26(8)24(30)32-25(5,6)7)22(28)27(9)21(18(3)4)23(29)31-16-19-13-11-10-12-14-19/h10-14,17-18,20-21H,15-16H2,1-9H3/t20-,21-/m0/s1. The molecule has 0 aliphatic heterocycles. The SMILES string of the molecule is CC(C)C[C@@H](C(=O)N(C)[C@H](C(=O)OCc1ccccc1)C(C)C)N(C)C(=O)OC(C)(C)C. The zero-order chi connectivity index (χ0) is 24.6. The minimum Gasteiger partial charge on any atom is -0.459 e. The van der Waals surface area contributed by atoms with Crippen molar-refractivity contribution >= 4 is 18.0 Å². The molecule has 2 amide bonds. The number of hydrogen-bond acceptors (Lipinski definition) is 5. The first-order valence-corrected chi connectivity index (χ1v) is 11.2. The molecule has 0 spiro atoms. The van der Waals surface area contributed by atoms with Gasteiger partial charge in [-0.05, 0) is 44.6 Å². The minimum absolute atomic E-state index is 0.137. The smallest absolute Gasteiger partial charge is 0.410 e. The lowest BCUT2D eigenvalue weighted by atomic mass is 9.98. The van der Waals surface area contributed by atoms with Gasteiger partial charge in [0.25, 0.3) is 0 Å². The molecule has 0 N–H and O–H groups in total. The maximum atomic E-state index is 13.5. The van der Waals surface area contributed by atoms with Crippen LogP contribution in [0, 0.1) is 11.8 Å². The van der Waals surface area contributed by atoms with Crippen LogP contribution in [0.2, 0.25) is 0 Å². The Labute approximate surface area is 193 Å². The molecule has 32 heavy (non-hydrogen) atoms. The predicted molar refractivity (Wildman–Crippen MR) is 125 cm³/mol. The fourth-order valence-electron chi connectivity index (χ4n) is 3.40. The van der Waals surface area contributed by atoms with Crippen LogP contribution in [0.15, 0.2) is 30.3 Å². The Kier molecular flexibility index (Phi) is 10.2. The summed E-state index contributed by atoms with van der Waals surface area (Å²) in [7, 11) is 3.15. The summed E-state index contributed by atoms with van der Waals surface area (Å²) in [6, 6.07) is 7.88. The monoisotopic (exact) mass is 448 g/mol. The second-order valence-corrected chi connectivity index (χ2v) is 9.97. The zero-order valence-corrected chi connectivity index (χ0v) is 21.0. The first kappa shape index (κ1) is 27.5. The quantitative estimate of drug-likeness (QED) is 0.520. The summed E-state index contributed by atoms with van der Waals surface area (Å²) < 4.78 is 11.0. The molecule has 0 saturated heterocycles. The molecular formula is C25H40N2O5. The highest BCUT2D eigenvalue weighted by Gasteiger charge is 2.38. The van der Waals surface area contributed by atoms with E-state index in [1.54, 1.807) is 34.9 Å². The first-order chi connectivity index (χ1) is 14.7. The fourth-order valence-corrected chi connectivity index (χ4v) is 3.40. The van der Waals surface area contributed by atoms with Gasteiger partial charge in [-0.25, -0.2) is 9.59 Å². The van der Waals surface area contributed by atoms with Gasteiger partial charge in [-0.15, -0.1) is 0 Å². The van der Waals surface area contributed by atoms with Gasteiger partial charge in [0.15, 0.2) is 0 Å². The molecule has 1 rings (SSSR count). The summed E-state index contributed by atoms with van der Waals surface area (Å²) in [5.74, 6) is -0.797. The summed E-state index contributed by atoms with van der Waals surface area (Å²) in [4.78, 5) is 41.8. The lowest BCUT2D eigenvalue weighted by molar-refractivity contribution is -0.158. The number of ether oxygens (including phenoxy) is 2. The van der Waals surface area contributed by atoms with Crippen molar-refractivity contribution in [3.63, 3.8) is 0 Å². The largest absolute Gasteiger partial charge is 0.459 e. The fraction of sp³-hybridized carbons (Fsp3) is 0.640. The number of carbonyl (C=O) groups excluding carboxylic acids is 3. The number of rotatable bonds is 9. The van der Waals surface area contributed by atoms with Crippen LogP contribution in [0.5, 0.6) is 0 Å². The zero-order valence-electron chi connectivity index (χ0n) is 21.0. The Morgan fingerprint density at radius 3 is 1.97 bits per heavy atom. The maximum Gasteiger partial charge on any atom is 0.410 e. The molecule has 0 fully saturated rings. The topological polar surface area (TPSA) is 76.2 Å². The molecule has 1 aromatic carbocycles. The van der Waals surface area contributed by atoms with Gasteiger partial charge in [0, 0.05) is 14.1 Å². The molecule has 0 unspecified atom stereocenters. The van der Waals surface area contributed by atoms with Crippen LogP contribution in [0.4, 0.5) is 4.79 Å². The number of likely N-dealkylation sites (N-methyl/N-ethyl adjacent to an activating group) is 2. The average molecular weight is 449 g/mol. The van der Waals surface area contributed by atoms with Crippen LogP contribution in [-0.2, 0) is 25.7 Å². The molecular weight excluding hydrogens is 408 g/mol. The third-order valence-corrected chi connectivity index (χ3v) is 4.99. The van der Waals surface area contributed by atoms with Crippen LogP contribution in [0.25, 0.3) is 0 Å². The molecule has 7 nitrogen and oxygen atoms in total. The number of hydrogen-bond donors (Lipinski definition) is 0. The lowest BCUT2D eigenvalue weighted by Gasteiger charge is -2.36. The minimum atomic E-state index is -0.770. The average Bonchev–Trinajstić information content (AvgIpc) is 2.68. The van der Waals surface area contributed by atoms with Crippen molar-refractivity contribution in [2.45, 2.75) is 79.2 Å². The number of carbonyl (C=O) groups is 3. The van der Waals surface area contributed by atoms with Crippen molar-refractivity contribution in [2.75, 3.05) is 14.1 Å². The van der Waals surface area contributed by atoms with Crippen molar-refractivity contribution < 1.29 is 23.9 Å². The molecule has 0 saturated carbocycles. The third kappa shape index (κ3) is 8.52. The van der Waals surface area contributed by atoms with Gasteiger partial charge >= 0.3 is 12.1 Å². The molecule has 180 valence electrons.